The molecule has 0 amide bonds. The van der Waals surface area contributed by atoms with Gasteiger partial charge in [0.15, 0.2) is 0 Å². The maximum Gasteiger partial charge on any atom is 0.500 e. The van der Waals surface area contributed by atoms with Crippen molar-refractivity contribution in [1.82, 2.24) is 0 Å². The van der Waals surface area contributed by atoms with Crippen LogP contribution in [0.2, 0.25) is 6.04 Å². The molecule has 0 bridgehead atoms. The summed E-state index contributed by atoms with van der Waals surface area (Å²) < 4.78 is 16.9. The van der Waals surface area contributed by atoms with E-state index in [-0.39, 0.29) is 5.66 Å². The summed E-state index contributed by atoms with van der Waals surface area (Å²) >= 11 is 6.41. The smallest absolute Gasteiger partial charge is 0.377 e. The Morgan fingerprint density at radius 2 is 1.25 bits per heavy atom. The van der Waals surface area contributed by atoms with Gasteiger partial charge in [-0.15, -0.1) is 11.6 Å². The predicted octanol–water partition coefficient (Wildman–Crippen LogP) is 3.60. The Morgan fingerprint density at radius 1 is 0.833 bits per heavy atom. The Morgan fingerprint density at radius 3 is 1.58 bits per heavy atom. The van der Waals surface area contributed by atoms with Crippen LogP contribution in [0.3, 0.4) is 0 Å². The van der Waals surface area contributed by atoms with Crippen LogP contribution >= 0.6 is 19.5 Å². The van der Waals surface area contributed by atoms with Gasteiger partial charge in [-0.05, 0) is 18.5 Å². The number of rotatable bonds is 9. The minimum atomic E-state index is -2.70. The van der Waals surface area contributed by atoms with Crippen molar-refractivity contribution >= 4 is 38.9 Å². The van der Waals surface area contributed by atoms with Crippen molar-refractivity contribution < 1.29 is 13.3 Å². The van der Waals surface area contributed by atoms with E-state index in [9.17, 15) is 0 Å². The minimum absolute atomic E-state index is 0.206. The van der Waals surface area contributed by atoms with Crippen LogP contribution in [0.25, 0.3) is 0 Å². The van der Waals surface area contributed by atoms with Crippen molar-refractivity contribution in [3.63, 3.8) is 0 Å². The molecule has 1 atom stereocenters. The molecule has 0 saturated heterocycles. The fourth-order valence-electron chi connectivity index (χ4n) is 2.75. The van der Waals surface area contributed by atoms with E-state index in [4.69, 9.17) is 24.9 Å². The molecule has 0 aliphatic heterocycles. The maximum absolute atomic E-state index is 6.41. The van der Waals surface area contributed by atoms with Crippen LogP contribution in [0.5, 0.6) is 0 Å². The molecule has 0 aromatic heterocycles. The van der Waals surface area contributed by atoms with E-state index in [0.29, 0.717) is 11.9 Å². The quantitative estimate of drug-likeness (QED) is 0.377. The number of halogens is 1. The molecule has 0 spiro atoms. The van der Waals surface area contributed by atoms with E-state index in [1.165, 1.54) is 10.6 Å². The molecule has 2 aromatic carbocycles. The average molecular weight is 383 g/mol. The fourth-order valence-corrected chi connectivity index (χ4v) is 8.85. The lowest BCUT2D eigenvalue weighted by Crippen LogP contribution is -2.46. The van der Waals surface area contributed by atoms with E-state index in [2.05, 4.69) is 48.5 Å². The Kier molecular flexibility index (Phi) is 7.89. The van der Waals surface area contributed by atoms with Crippen LogP contribution in [-0.4, -0.2) is 41.7 Å². The molecular formula is C18H24ClO3PSi. The van der Waals surface area contributed by atoms with E-state index in [0.717, 1.165) is 0 Å². The SMILES string of the molecule is CO[Si](CC(CCl)P(c1ccccc1)c1ccccc1)(OC)OC. The van der Waals surface area contributed by atoms with Gasteiger partial charge in [-0.2, -0.15) is 0 Å². The molecule has 0 heterocycles. The summed E-state index contributed by atoms with van der Waals surface area (Å²) in [6.45, 7) is 0. The van der Waals surface area contributed by atoms with Gasteiger partial charge in [-0.25, -0.2) is 0 Å². The minimum Gasteiger partial charge on any atom is -0.377 e. The Bertz CT molecular complexity index is 548. The van der Waals surface area contributed by atoms with Crippen LogP contribution < -0.4 is 10.6 Å². The molecule has 1 unspecified atom stereocenters. The summed E-state index contributed by atoms with van der Waals surface area (Å²) in [4.78, 5) is 0. The second-order valence-corrected chi connectivity index (χ2v) is 11.2. The second kappa shape index (κ2) is 9.67. The summed E-state index contributed by atoms with van der Waals surface area (Å²) in [6, 6.07) is 21.8. The number of hydrogen-bond donors (Lipinski definition) is 0. The van der Waals surface area contributed by atoms with Crippen molar-refractivity contribution in [2.75, 3.05) is 27.2 Å². The van der Waals surface area contributed by atoms with Crippen molar-refractivity contribution in [3.8, 4) is 0 Å². The van der Waals surface area contributed by atoms with Gasteiger partial charge >= 0.3 is 8.80 Å². The van der Waals surface area contributed by atoms with Crippen LogP contribution in [-0.2, 0) is 13.3 Å². The molecule has 130 valence electrons. The lowest BCUT2D eigenvalue weighted by atomic mass is 10.4. The topological polar surface area (TPSA) is 27.7 Å². The van der Waals surface area contributed by atoms with Crippen molar-refractivity contribution in [1.29, 1.82) is 0 Å². The first kappa shape index (κ1) is 19.6. The normalized spacial score (nSPS) is 13.2. The second-order valence-electron chi connectivity index (χ2n) is 5.35. The lowest BCUT2D eigenvalue weighted by molar-refractivity contribution is 0.124. The van der Waals surface area contributed by atoms with E-state index in [1.54, 1.807) is 21.3 Å². The van der Waals surface area contributed by atoms with Gasteiger partial charge < -0.3 is 13.3 Å². The lowest BCUT2D eigenvalue weighted by Gasteiger charge is -2.33. The van der Waals surface area contributed by atoms with E-state index in [1.807, 2.05) is 12.1 Å². The molecule has 0 fully saturated rings. The Balaban J connectivity index is 2.41. The third kappa shape index (κ3) is 4.66. The van der Waals surface area contributed by atoms with Gasteiger partial charge in [-0.1, -0.05) is 60.7 Å². The highest BCUT2D eigenvalue weighted by Crippen LogP contribution is 2.44. The van der Waals surface area contributed by atoms with E-state index < -0.39 is 16.7 Å². The molecule has 0 N–H and O–H groups in total. The van der Waals surface area contributed by atoms with Gasteiger partial charge in [0.1, 0.15) is 0 Å². The highest BCUT2D eigenvalue weighted by atomic mass is 35.5. The highest BCUT2D eigenvalue weighted by molar-refractivity contribution is 7.73. The van der Waals surface area contributed by atoms with Gasteiger partial charge in [0.05, 0.1) is 0 Å². The van der Waals surface area contributed by atoms with Gasteiger partial charge in [0.25, 0.3) is 0 Å². The van der Waals surface area contributed by atoms with Gasteiger partial charge in [0.2, 0.25) is 0 Å². The maximum atomic E-state index is 6.41. The number of alkyl halides is 1. The molecule has 24 heavy (non-hydrogen) atoms. The summed E-state index contributed by atoms with van der Waals surface area (Å²) in [7, 11) is 1.62. The molecule has 0 saturated carbocycles. The first-order chi connectivity index (χ1) is 11.7. The van der Waals surface area contributed by atoms with Crippen molar-refractivity contribution in [3.05, 3.63) is 60.7 Å². The zero-order chi connectivity index (χ0) is 17.4. The first-order valence-electron chi connectivity index (χ1n) is 7.80. The zero-order valence-electron chi connectivity index (χ0n) is 14.3. The van der Waals surface area contributed by atoms with Gasteiger partial charge in [-0.3, -0.25) is 0 Å². The predicted molar refractivity (Wildman–Crippen MR) is 105 cm³/mol. The largest absolute Gasteiger partial charge is 0.500 e. The van der Waals surface area contributed by atoms with Gasteiger partial charge in [0, 0.05) is 38.9 Å². The molecule has 2 aromatic rings. The third-order valence-corrected chi connectivity index (χ3v) is 10.6. The van der Waals surface area contributed by atoms with Crippen molar-refractivity contribution in [2.45, 2.75) is 11.7 Å². The molecule has 0 aliphatic carbocycles. The molecule has 6 heteroatoms. The van der Waals surface area contributed by atoms with E-state index >= 15 is 0 Å². The van der Waals surface area contributed by atoms with Crippen LogP contribution in [0.1, 0.15) is 0 Å². The molecular weight excluding hydrogens is 359 g/mol. The summed E-state index contributed by atoms with van der Waals surface area (Å²) in [5, 5.41) is 2.60. The standard InChI is InChI=1S/C18H24ClO3PSi/c1-20-24(21-2,22-3)15-18(14-19)23(16-10-6-4-7-11-16)17-12-8-5-9-13-17/h4-13,18H,14-15H2,1-3H3. The summed E-state index contributed by atoms with van der Waals surface area (Å²) in [5.74, 6) is 0.528. The molecule has 0 aliphatic rings. The van der Waals surface area contributed by atoms with Crippen LogP contribution in [0.4, 0.5) is 0 Å². The summed E-state index contributed by atoms with van der Waals surface area (Å²) in [6.07, 6.45) is 0. The van der Waals surface area contributed by atoms with Crippen LogP contribution in [0, 0.1) is 0 Å². The monoisotopic (exact) mass is 382 g/mol. The molecule has 3 nitrogen and oxygen atoms in total. The van der Waals surface area contributed by atoms with Crippen LogP contribution in [0.15, 0.2) is 60.7 Å². The molecule has 2 rings (SSSR count). The average Bonchev–Trinajstić information content (AvgIpc) is 2.67. The highest BCUT2D eigenvalue weighted by Gasteiger charge is 2.43. The zero-order valence-corrected chi connectivity index (χ0v) is 17.0. The van der Waals surface area contributed by atoms with Crippen molar-refractivity contribution in [2.24, 2.45) is 0 Å². The Hall–Kier alpha value is -0.743. The molecule has 0 radical (unpaired) electrons. The fraction of sp³-hybridized carbons (Fsp3) is 0.333. The number of benzene rings is 2. The Labute approximate surface area is 152 Å². The first-order valence-corrected chi connectivity index (χ1v) is 11.7. The third-order valence-electron chi connectivity index (χ3n) is 4.03. The summed E-state index contributed by atoms with van der Waals surface area (Å²) in [5.41, 5.74) is 0.206. The number of hydrogen-bond acceptors (Lipinski definition) is 3.